The predicted molar refractivity (Wildman–Crippen MR) is 116 cm³/mol. The second-order valence-electron chi connectivity index (χ2n) is 8.20. The molecule has 0 bridgehead atoms. The third kappa shape index (κ3) is 4.65. The molecule has 10 heteroatoms. The smallest absolute Gasteiger partial charge is 0.245 e. The van der Waals surface area contributed by atoms with Crippen molar-refractivity contribution < 1.29 is 22.7 Å². The number of likely N-dealkylation sites (N-methyl/N-ethyl adjacent to an activating group) is 1. The highest BCUT2D eigenvalue weighted by Gasteiger charge is 2.35. The first-order valence-corrected chi connectivity index (χ1v) is 12.3. The zero-order valence-corrected chi connectivity index (χ0v) is 18.9. The quantitative estimate of drug-likeness (QED) is 0.672. The summed E-state index contributed by atoms with van der Waals surface area (Å²) in [5, 5.41) is 0.796. The van der Waals surface area contributed by atoms with Crippen LogP contribution in [0.1, 0.15) is 18.5 Å². The molecule has 2 fully saturated rings. The van der Waals surface area contributed by atoms with Gasteiger partial charge in [0.2, 0.25) is 11.9 Å². The van der Waals surface area contributed by atoms with Gasteiger partial charge in [-0.05, 0) is 38.0 Å². The van der Waals surface area contributed by atoms with Crippen molar-refractivity contribution in [3.05, 3.63) is 23.9 Å². The van der Waals surface area contributed by atoms with Gasteiger partial charge in [0.25, 0.3) is 0 Å². The SMILES string of the molecule is Cc1nc(N2CCC[C@H]2C(=O)N(C)C[C@H]2COCCO2)nc2cc(S(C)(=O)=O)ccc12. The number of carbonyl (C=O) groups is 1. The van der Waals surface area contributed by atoms with Gasteiger partial charge in [-0.3, -0.25) is 4.79 Å². The average Bonchev–Trinajstić information content (AvgIpc) is 3.22. The predicted octanol–water partition coefficient (Wildman–Crippen LogP) is 1.18. The molecular formula is C21H28N4O5S. The lowest BCUT2D eigenvalue weighted by Crippen LogP contribution is -2.48. The molecule has 2 aliphatic heterocycles. The van der Waals surface area contributed by atoms with Crippen molar-refractivity contribution in [2.45, 2.75) is 36.8 Å². The number of benzene rings is 1. The molecule has 0 radical (unpaired) electrons. The van der Waals surface area contributed by atoms with Crippen molar-refractivity contribution in [3.63, 3.8) is 0 Å². The van der Waals surface area contributed by atoms with Crippen LogP contribution in [0.15, 0.2) is 23.1 Å². The summed E-state index contributed by atoms with van der Waals surface area (Å²) in [7, 11) is -1.57. The summed E-state index contributed by atoms with van der Waals surface area (Å²) in [6.07, 6.45) is 2.63. The second-order valence-corrected chi connectivity index (χ2v) is 10.2. The van der Waals surface area contributed by atoms with E-state index in [1.54, 1.807) is 30.1 Å². The summed E-state index contributed by atoms with van der Waals surface area (Å²) in [5.41, 5.74) is 1.31. The van der Waals surface area contributed by atoms with Crippen LogP contribution >= 0.6 is 0 Å². The van der Waals surface area contributed by atoms with E-state index < -0.39 is 9.84 Å². The van der Waals surface area contributed by atoms with Crippen LogP contribution in [0.5, 0.6) is 0 Å². The Morgan fingerprint density at radius 2 is 2.10 bits per heavy atom. The van der Waals surface area contributed by atoms with E-state index >= 15 is 0 Å². The molecule has 168 valence electrons. The molecule has 2 aromatic rings. The summed E-state index contributed by atoms with van der Waals surface area (Å²) < 4.78 is 35.0. The molecule has 1 amide bonds. The maximum Gasteiger partial charge on any atom is 0.245 e. The van der Waals surface area contributed by atoms with Crippen LogP contribution in [-0.4, -0.2) is 87.6 Å². The maximum absolute atomic E-state index is 13.2. The van der Waals surface area contributed by atoms with Gasteiger partial charge >= 0.3 is 0 Å². The van der Waals surface area contributed by atoms with Crippen molar-refractivity contribution in [1.29, 1.82) is 0 Å². The van der Waals surface area contributed by atoms with Crippen LogP contribution in [-0.2, 0) is 24.1 Å². The van der Waals surface area contributed by atoms with E-state index in [1.165, 1.54) is 6.26 Å². The van der Waals surface area contributed by atoms with E-state index in [0.717, 1.165) is 23.9 Å². The number of aryl methyl sites for hydroxylation is 1. The van der Waals surface area contributed by atoms with Gasteiger partial charge in [0, 0.05) is 31.8 Å². The highest BCUT2D eigenvalue weighted by atomic mass is 32.2. The number of rotatable bonds is 5. The van der Waals surface area contributed by atoms with Gasteiger partial charge in [0.15, 0.2) is 9.84 Å². The fraction of sp³-hybridized carbons (Fsp3) is 0.571. The lowest BCUT2D eigenvalue weighted by atomic mass is 10.2. The molecule has 1 aromatic carbocycles. The van der Waals surface area contributed by atoms with Gasteiger partial charge in [0.1, 0.15) is 6.04 Å². The first-order valence-electron chi connectivity index (χ1n) is 10.4. The third-order valence-electron chi connectivity index (χ3n) is 5.81. The monoisotopic (exact) mass is 448 g/mol. The molecule has 3 heterocycles. The zero-order chi connectivity index (χ0) is 22.2. The number of nitrogens with zero attached hydrogens (tertiary/aromatic N) is 4. The van der Waals surface area contributed by atoms with E-state index in [9.17, 15) is 13.2 Å². The van der Waals surface area contributed by atoms with Crippen LogP contribution in [0.3, 0.4) is 0 Å². The van der Waals surface area contributed by atoms with E-state index in [2.05, 4.69) is 9.97 Å². The molecule has 0 unspecified atom stereocenters. The molecule has 31 heavy (non-hydrogen) atoms. The Hall–Kier alpha value is -2.30. The van der Waals surface area contributed by atoms with Crippen molar-refractivity contribution >= 4 is 32.6 Å². The van der Waals surface area contributed by atoms with Crippen molar-refractivity contribution in [2.75, 3.05) is 51.1 Å². The highest BCUT2D eigenvalue weighted by molar-refractivity contribution is 7.90. The summed E-state index contributed by atoms with van der Waals surface area (Å²) in [4.78, 5) is 26.3. The summed E-state index contributed by atoms with van der Waals surface area (Å²) in [6, 6.07) is 4.52. The fourth-order valence-corrected chi connectivity index (χ4v) is 4.81. The number of hydrogen-bond acceptors (Lipinski definition) is 8. The summed E-state index contributed by atoms with van der Waals surface area (Å²) >= 11 is 0. The largest absolute Gasteiger partial charge is 0.376 e. The average molecular weight is 449 g/mol. The number of fused-ring (bicyclic) bond motifs is 1. The number of amides is 1. The number of hydrogen-bond donors (Lipinski definition) is 0. The van der Waals surface area contributed by atoms with E-state index in [-0.39, 0.29) is 22.9 Å². The van der Waals surface area contributed by atoms with Crippen LogP contribution in [0, 0.1) is 6.92 Å². The van der Waals surface area contributed by atoms with Gasteiger partial charge in [-0.15, -0.1) is 0 Å². The zero-order valence-electron chi connectivity index (χ0n) is 18.1. The van der Waals surface area contributed by atoms with Crippen molar-refractivity contribution in [2.24, 2.45) is 0 Å². The molecular weight excluding hydrogens is 420 g/mol. The number of sulfone groups is 1. The first-order chi connectivity index (χ1) is 14.7. The molecule has 1 aromatic heterocycles. The van der Waals surface area contributed by atoms with Gasteiger partial charge in [-0.1, -0.05) is 0 Å². The Morgan fingerprint density at radius 3 is 2.81 bits per heavy atom. The molecule has 0 spiro atoms. The van der Waals surface area contributed by atoms with Gasteiger partial charge in [0.05, 0.1) is 42.0 Å². The number of ether oxygens (including phenoxy) is 2. The molecule has 0 saturated carbocycles. The molecule has 0 N–H and O–H groups in total. The Balaban J connectivity index is 1.59. The summed E-state index contributed by atoms with van der Waals surface area (Å²) in [6.45, 7) is 4.63. The lowest BCUT2D eigenvalue weighted by Gasteiger charge is -2.31. The Morgan fingerprint density at radius 1 is 1.29 bits per heavy atom. The Kier molecular flexibility index (Phi) is 6.14. The van der Waals surface area contributed by atoms with Crippen LogP contribution in [0.2, 0.25) is 0 Å². The topological polar surface area (TPSA) is 102 Å². The molecule has 4 rings (SSSR count). The fourth-order valence-electron chi connectivity index (χ4n) is 4.17. The molecule has 9 nitrogen and oxygen atoms in total. The second kappa shape index (κ2) is 8.68. The molecule has 2 atom stereocenters. The normalized spacial score (nSPS) is 22.1. The van der Waals surface area contributed by atoms with Gasteiger partial charge in [-0.25, -0.2) is 18.4 Å². The third-order valence-corrected chi connectivity index (χ3v) is 6.92. The number of carbonyl (C=O) groups excluding carboxylic acids is 1. The van der Waals surface area contributed by atoms with Crippen molar-refractivity contribution in [3.8, 4) is 0 Å². The first kappa shape index (κ1) is 21.9. The minimum Gasteiger partial charge on any atom is -0.376 e. The van der Waals surface area contributed by atoms with Crippen molar-refractivity contribution in [1.82, 2.24) is 14.9 Å². The van der Waals surface area contributed by atoms with Gasteiger partial charge in [-0.2, -0.15) is 0 Å². The van der Waals surface area contributed by atoms with E-state index in [4.69, 9.17) is 9.47 Å². The Labute approximate surface area is 182 Å². The maximum atomic E-state index is 13.2. The standard InChI is InChI=1S/C21H28N4O5S/c1-14-17-7-6-16(31(3,27)28)11-18(17)23-21(22-14)25-8-4-5-19(25)20(26)24(2)12-15-13-29-9-10-30-15/h6-7,11,15,19H,4-5,8-10,12-13H2,1-3H3/t15-,19-/m0/s1. The molecule has 2 saturated heterocycles. The minimum atomic E-state index is -3.35. The summed E-state index contributed by atoms with van der Waals surface area (Å²) in [5.74, 6) is 0.454. The highest BCUT2D eigenvalue weighted by Crippen LogP contribution is 2.28. The Bertz CT molecular complexity index is 1080. The minimum absolute atomic E-state index is 0.00194. The van der Waals surface area contributed by atoms with E-state index in [1.807, 2.05) is 11.8 Å². The van der Waals surface area contributed by atoms with Crippen LogP contribution in [0.4, 0.5) is 5.95 Å². The van der Waals surface area contributed by atoms with E-state index in [0.29, 0.717) is 44.4 Å². The number of aromatic nitrogens is 2. The van der Waals surface area contributed by atoms with Crippen LogP contribution in [0.25, 0.3) is 10.9 Å². The molecule has 0 aliphatic carbocycles. The van der Waals surface area contributed by atoms with Crippen LogP contribution < -0.4 is 4.90 Å². The number of anilines is 1. The van der Waals surface area contributed by atoms with Gasteiger partial charge < -0.3 is 19.3 Å². The molecule has 2 aliphatic rings. The lowest BCUT2D eigenvalue weighted by molar-refractivity contribution is -0.137.